The maximum atomic E-state index is 12.5. The van der Waals surface area contributed by atoms with Gasteiger partial charge in [0.05, 0.1) is 5.69 Å². The Balaban J connectivity index is 1.88. The minimum Gasteiger partial charge on any atom is -0.335 e. The van der Waals surface area contributed by atoms with Crippen molar-refractivity contribution in [1.82, 2.24) is 20.0 Å². The lowest BCUT2D eigenvalue weighted by molar-refractivity contribution is 0.0729. The van der Waals surface area contributed by atoms with Crippen LogP contribution in [0.1, 0.15) is 16.2 Å². The molecule has 0 bridgehead atoms. The molecule has 6 heteroatoms. The first-order chi connectivity index (χ1) is 10.1. The van der Waals surface area contributed by atoms with Gasteiger partial charge >= 0.3 is 0 Å². The Morgan fingerprint density at radius 1 is 1.29 bits per heavy atom. The van der Waals surface area contributed by atoms with Gasteiger partial charge in [0.25, 0.3) is 5.91 Å². The van der Waals surface area contributed by atoms with E-state index in [9.17, 15) is 4.79 Å². The van der Waals surface area contributed by atoms with E-state index in [2.05, 4.69) is 10.4 Å². The number of carbonyl (C=O) groups is 1. The maximum absolute atomic E-state index is 12.5. The maximum Gasteiger partial charge on any atom is 0.274 e. The first-order valence-corrected chi connectivity index (χ1v) is 7.35. The van der Waals surface area contributed by atoms with Crippen molar-refractivity contribution >= 4 is 17.5 Å². The highest BCUT2D eigenvalue weighted by molar-refractivity contribution is 6.30. The Morgan fingerprint density at radius 3 is 2.76 bits per heavy atom. The van der Waals surface area contributed by atoms with E-state index >= 15 is 0 Å². The highest BCUT2D eigenvalue weighted by Gasteiger charge is 2.21. The predicted octanol–water partition coefficient (Wildman–Crippen LogP) is 1.88. The van der Waals surface area contributed by atoms with Crippen LogP contribution in [0.4, 0.5) is 0 Å². The Morgan fingerprint density at radius 2 is 2.05 bits per heavy atom. The van der Waals surface area contributed by atoms with E-state index < -0.39 is 0 Å². The number of carbonyl (C=O) groups excluding carboxylic acids is 1. The fourth-order valence-electron chi connectivity index (χ4n) is 2.48. The summed E-state index contributed by atoms with van der Waals surface area (Å²) in [6, 6.07) is 9.27. The Labute approximate surface area is 128 Å². The summed E-state index contributed by atoms with van der Waals surface area (Å²) in [5, 5.41) is 8.33. The van der Waals surface area contributed by atoms with Gasteiger partial charge in [-0.3, -0.25) is 4.79 Å². The summed E-state index contributed by atoms with van der Waals surface area (Å²) >= 11 is 6.01. The van der Waals surface area contributed by atoms with E-state index in [4.69, 9.17) is 11.6 Å². The molecule has 1 aromatic heterocycles. The summed E-state index contributed by atoms with van der Waals surface area (Å²) < 4.78 is 1.75. The summed E-state index contributed by atoms with van der Waals surface area (Å²) in [6.07, 6.45) is 0. The lowest BCUT2D eigenvalue weighted by Gasteiger charge is -2.26. The van der Waals surface area contributed by atoms with Gasteiger partial charge in [0, 0.05) is 36.9 Å². The summed E-state index contributed by atoms with van der Waals surface area (Å²) in [7, 11) is 0. The molecular formula is C15H17ClN4O. The van der Waals surface area contributed by atoms with E-state index in [0.717, 1.165) is 37.6 Å². The molecular weight excluding hydrogens is 288 g/mol. The Kier molecular flexibility index (Phi) is 3.94. The molecule has 5 nitrogen and oxygen atoms in total. The van der Waals surface area contributed by atoms with Crippen molar-refractivity contribution in [3.63, 3.8) is 0 Å². The van der Waals surface area contributed by atoms with Crippen LogP contribution in [0.25, 0.3) is 5.69 Å². The zero-order valence-electron chi connectivity index (χ0n) is 11.8. The monoisotopic (exact) mass is 304 g/mol. The number of benzene rings is 1. The minimum absolute atomic E-state index is 0.0135. The fourth-order valence-corrected chi connectivity index (χ4v) is 2.66. The number of hydrogen-bond donors (Lipinski definition) is 1. The van der Waals surface area contributed by atoms with Crippen LogP contribution in [0.2, 0.25) is 5.02 Å². The number of nitrogens with one attached hydrogen (secondary N) is 1. The zero-order valence-corrected chi connectivity index (χ0v) is 12.6. The summed E-state index contributed by atoms with van der Waals surface area (Å²) in [5.41, 5.74) is 2.25. The third-order valence-corrected chi connectivity index (χ3v) is 3.80. The van der Waals surface area contributed by atoms with Gasteiger partial charge in [-0.05, 0) is 31.2 Å². The van der Waals surface area contributed by atoms with Crippen LogP contribution in [0.3, 0.4) is 0 Å². The van der Waals surface area contributed by atoms with Crippen molar-refractivity contribution in [2.75, 3.05) is 26.2 Å². The van der Waals surface area contributed by atoms with E-state index in [1.807, 2.05) is 42.2 Å². The normalized spacial score (nSPS) is 15.2. The number of rotatable bonds is 2. The van der Waals surface area contributed by atoms with Crippen molar-refractivity contribution < 1.29 is 4.79 Å². The molecule has 1 aliphatic rings. The number of aryl methyl sites for hydroxylation is 1. The molecule has 2 aromatic rings. The molecule has 0 saturated carbocycles. The second-order valence-corrected chi connectivity index (χ2v) is 5.54. The quantitative estimate of drug-likeness (QED) is 0.921. The van der Waals surface area contributed by atoms with E-state index in [1.54, 1.807) is 4.68 Å². The third kappa shape index (κ3) is 2.94. The van der Waals surface area contributed by atoms with Crippen molar-refractivity contribution in [1.29, 1.82) is 0 Å². The van der Waals surface area contributed by atoms with Gasteiger partial charge in [0.1, 0.15) is 0 Å². The molecule has 1 aromatic carbocycles. The fraction of sp³-hybridized carbons (Fsp3) is 0.333. The number of halogens is 1. The van der Waals surface area contributed by atoms with Crippen LogP contribution in [0.15, 0.2) is 30.3 Å². The predicted molar refractivity (Wildman–Crippen MR) is 82.1 cm³/mol. The summed E-state index contributed by atoms with van der Waals surface area (Å²) in [5.74, 6) is -0.0135. The first kappa shape index (κ1) is 14.1. The number of hydrogen-bond acceptors (Lipinski definition) is 3. The molecule has 3 rings (SSSR count). The van der Waals surface area contributed by atoms with Crippen LogP contribution in [0, 0.1) is 6.92 Å². The van der Waals surface area contributed by atoms with Crippen molar-refractivity contribution in [3.05, 3.63) is 46.7 Å². The van der Waals surface area contributed by atoms with Crippen LogP contribution < -0.4 is 5.32 Å². The van der Waals surface area contributed by atoms with E-state index in [1.165, 1.54) is 0 Å². The molecule has 110 valence electrons. The minimum atomic E-state index is -0.0135. The lowest BCUT2D eigenvalue weighted by Crippen LogP contribution is -2.46. The highest BCUT2D eigenvalue weighted by atomic mass is 35.5. The first-order valence-electron chi connectivity index (χ1n) is 6.98. The molecule has 21 heavy (non-hydrogen) atoms. The zero-order chi connectivity index (χ0) is 14.8. The number of nitrogens with zero attached hydrogens (tertiary/aromatic N) is 3. The third-order valence-electron chi connectivity index (χ3n) is 3.56. The molecule has 0 radical (unpaired) electrons. The molecule has 0 atom stereocenters. The van der Waals surface area contributed by atoms with Crippen LogP contribution in [0.5, 0.6) is 0 Å². The molecule has 0 unspecified atom stereocenters. The lowest BCUT2D eigenvalue weighted by atomic mass is 10.3. The molecule has 0 spiro atoms. The van der Waals surface area contributed by atoms with Gasteiger partial charge in [0.2, 0.25) is 0 Å². The number of aromatic nitrogens is 2. The standard InChI is InChI=1S/C15H17ClN4O/c1-11-9-14(15(21)19-7-5-17-6-8-19)18-20(11)13-4-2-3-12(16)10-13/h2-4,9-10,17H,5-8H2,1H3. The SMILES string of the molecule is Cc1cc(C(=O)N2CCNCC2)nn1-c1cccc(Cl)c1. The van der Waals surface area contributed by atoms with E-state index in [-0.39, 0.29) is 5.91 Å². The highest BCUT2D eigenvalue weighted by Crippen LogP contribution is 2.17. The van der Waals surface area contributed by atoms with Gasteiger partial charge in [0.15, 0.2) is 5.69 Å². The molecule has 1 saturated heterocycles. The summed E-state index contributed by atoms with van der Waals surface area (Å²) in [6.45, 7) is 5.05. The molecule has 1 N–H and O–H groups in total. The second kappa shape index (κ2) is 5.87. The van der Waals surface area contributed by atoms with Gasteiger partial charge in [-0.25, -0.2) is 4.68 Å². The summed E-state index contributed by atoms with van der Waals surface area (Å²) in [4.78, 5) is 14.3. The average Bonchev–Trinajstić information content (AvgIpc) is 2.89. The molecule has 1 aliphatic heterocycles. The average molecular weight is 305 g/mol. The van der Waals surface area contributed by atoms with Crippen LogP contribution in [-0.2, 0) is 0 Å². The number of piperazine rings is 1. The van der Waals surface area contributed by atoms with Gasteiger partial charge < -0.3 is 10.2 Å². The van der Waals surface area contributed by atoms with Gasteiger partial charge in [-0.2, -0.15) is 5.10 Å². The second-order valence-electron chi connectivity index (χ2n) is 5.10. The van der Waals surface area contributed by atoms with Crippen molar-refractivity contribution in [3.8, 4) is 5.69 Å². The van der Waals surface area contributed by atoms with Gasteiger partial charge in [-0.1, -0.05) is 17.7 Å². The van der Waals surface area contributed by atoms with E-state index in [0.29, 0.717) is 10.7 Å². The molecule has 2 heterocycles. The van der Waals surface area contributed by atoms with Gasteiger partial charge in [-0.15, -0.1) is 0 Å². The topological polar surface area (TPSA) is 50.2 Å². The smallest absolute Gasteiger partial charge is 0.274 e. The molecule has 0 aliphatic carbocycles. The van der Waals surface area contributed by atoms with Crippen molar-refractivity contribution in [2.45, 2.75) is 6.92 Å². The molecule has 1 amide bonds. The Bertz CT molecular complexity index is 661. The molecule has 1 fully saturated rings. The van der Waals surface area contributed by atoms with Crippen LogP contribution >= 0.6 is 11.6 Å². The van der Waals surface area contributed by atoms with Crippen molar-refractivity contribution in [2.24, 2.45) is 0 Å². The number of amides is 1. The largest absolute Gasteiger partial charge is 0.335 e. The van der Waals surface area contributed by atoms with Crippen LogP contribution in [-0.4, -0.2) is 46.8 Å². The Hall–Kier alpha value is -1.85.